The highest BCUT2D eigenvalue weighted by Crippen LogP contribution is 2.44. The van der Waals surface area contributed by atoms with Gasteiger partial charge in [0.1, 0.15) is 0 Å². The van der Waals surface area contributed by atoms with Gasteiger partial charge in [-0.2, -0.15) is 0 Å². The summed E-state index contributed by atoms with van der Waals surface area (Å²) in [6.45, 7) is 0. The summed E-state index contributed by atoms with van der Waals surface area (Å²) < 4.78 is 9.51. The molecule has 19 aromatic carbocycles. The highest BCUT2D eigenvalue weighted by atomic mass is 15.1. The zero-order valence-electron chi connectivity index (χ0n) is 68.4. The van der Waals surface area contributed by atoms with Crippen molar-refractivity contribution < 1.29 is 0 Å². The summed E-state index contributed by atoms with van der Waals surface area (Å²) in [5, 5.41) is 10.0. The van der Waals surface area contributed by atoms with Crippen molar-refractivity contribution in [1.29, 1.82) is 0 Å². The van der Waals surface area contributed by atoms with Gasteiger partial charge in [0, 0.05) is 94.0 Å². The fourth-order valence-corrected chi connectivity index (χ4v) is 18.9. The smallest absolute Gasteiger partial charge is 0.0716 e. The second-order valence-corrected chi connectivity index (χ2v) is 32.2. The van der Waals surface area contributed by atoms with Gasteiger partial charge < -0.3 is 23.2 Å². The number of hydrogen-bond acceptors (Lipinski definition) is 2. The molecule has 0 aliphatic rings. The van der Waals surface area contributed by atoms with E-state index in [2.05, 4.69) is 508 Å². The number of anilines is 3. The maximum absolute atomic E-state index is 5.44. The second-order valence-electron chi connectivity index (χ2n) is 32.2. The van der Waals surface area contributed by atoms with E-state index in [0.29, 0.717) is 0 Å². The molecule has 586 valence electrons. The summed E-state index contributed by atoms with van der Waals surface area (Å²) in [5.41, 5.74) is 35.4. The quantitative estimate of drug-likeness (QED) is 0.103. The Kier molecular flexibility index (Phi) is 18.5. The first-order valence-corrected chi connectivity index (χ1v) is 42.8. The zero-order chi connectivity index (χ0) is 82.7. The minimum atomic E-state index is 0.925. The molecule has 0 bridgehead atoms. The standard InChI is InChI=1S/C66H45N3.C53H35N3/c1-2-15-46(16-3-1)50-17-12-18-51(43-50)47-31-37-54(38-32-47)67(55-39-33-48(34-40-55)52-19-13-21-57(44-52)68-63-27-8-4-23-59(63)60-24-5-9-28-64(60)68)56-41-35-49(36-42-56)53-20-14-22-58(45-53)69-65-29-10-6-25-61(65)62-26-7-11-30-66(62)69;1-2-14-36(15-3-1)37-28-30-38(31-29-37)41-34-48(39-16-12-18-42(32-39)55-50-24-8-4-20-44(50)45-21-5-9-25-51(45)55)54-49(35-41)40-17-13-19-43(33-40)56-52-26-10-6-22-46(52)47-23-7-11-27-53(47)56/h1-45H;1-35H. The molecule has 0 unspecified atom stereocenters. The van der Waals surface area contributed by atoms with Gasteiger partial charge in [0.2, 0.25) is 0 Å². The van der Waals surface area contributed by atoms with Crippen molar-refractivity contribution in [3.63, 3.8) is 0 Å². The van der Waals surface area contributed by atoms with Gasteiger partial charge in [0.05, 0.1) is 55.5 Å². The van der Waals surface area contributed by atoms with Gasteiger partial charge in [0.25, 0.3) is 0 Å². The number of benzene rings is 19. The summed E-state index contributed by atoms with van der Waals surface area (Å²) in [7, 11) is 0. The van der Waals surface area contributed by atoms with Gasteiger partial charge in [-0.3, -0.25) is 0 Å². The third-order valence-electron chi connectivity index (χ3n) is 24.8. The lowest BCUT2D eigenvalue weighted by Crippen LogP contribution is -2.09. The lowest BCUT2D eigenvalue weighted by Gasteiger charge is -2.26. The predicted molar refractivity (Wildman–Crippen MR) is 526 cm³/mol. The van der Waals surface area contributed by atoms with E-state index in [-0.39, 0.29) is 0 Å². The van der Waals surface area contributed by atoms with Gasteiger partial charge in [-0.15, -0.1) is 0 Å². The molecule has 0 atom stereocenters. The minimum absolute atomic E-state index is 0.925. The Morgan fingerprint density at radius 3 is 0.616 bits per heavy atom. The Morgan fingerprint density at radius 2 is 0.328 bits per heavy atom. The number of rotatable bonds is 15. The van der Waals surface area contributed by atoms with Crippen molar-refractivity contribution in [1.82, 2.24) is 23.3 Å². The van der Waals surface area contributed by atoms with E-state index in [1.807, 2.05) is 0 Å². The summed E-state index contributed by atoms with van der Waals surface area (Å²) in [6.07, 6.45) is 0. The van der Waals surface area contributed by atoms with Crippen LogP contribution in [0.4, 0.5) is 17.1 Å². The molecule has 0 fully saturated rings. The van der Waals surface area contributed by atoms with Crippen molar-refractivity contribution in [2.24, 2.45) is 0 Å². The topological polar surface area (TPSA) is 35.9 Å². The first kappa shape index (κ1) is 73.5. The van der Waals surface area contributed by atoms with Crippen LogP contribution >= 0.6 is 0 Å². The molecule has 5 heterocycles. The van der Waals surface area contributed by atoms with Gasteiger partial charge >= 0.3 is 0 Å². The fraction of sp³-hybridized carbons (Fsp3) is 0. The maximum Gasteiger partial charge on any atom is 0.0716 e. The molecule has 0 saturated carbocycles. The Bertz CT molecular complexity index is 7600. The van der Waals surface area contributed by atoms with Gasteiger partial charge in [-0.25, -0.2) is 4.98 Å². The molecule has 0 aliphatic carbocycles. The largest absolute Gasteiger partial charge is 0.311 e. The third-order valence-corrected chi connectivity index (χ3v) is 24.8. The van der Waals surface area contributed by atoms with Crippen LogP contribution in [0.1, 0.15) is 0 Å². The zero-order valence-corrected chi connectivity index (χ0v) is 68.4. The number of fused-ring (bicyclic) bond motifs is 12. The molecule has 125 heavy (non-hydrogen) atoms. The molecule has 24 aromatic rings. The van der Waals surface area contributed by atoms with Crippen LogP contribution < -0.4 is 4.90 Å². The van der Waals surface area contributed by atoms with Crippen LogP contribution in [0.3, 0.4) is 0 Å². The molecular weight excluding hydrogens is 1510 g/mol. The van der Waals surface area contributed by atoms with Crippen LogP contribution in [0.2, 0.25) is 0 Å². The molecule has 0 saturated heterocycles. The molecule has 24 rings (SSSR count). The summed E-state index contributed by atoms with van der Waals surface area (Å²) >= 11 is 0. The average molecular weight is 1590 g/mol. The van der Waals surface area contributed by atoms with Crippen molar-refractivity contribution in [3.05, 3.63) is 485 Å². The fourth-order valence-electron chi connectivity index (χ4n) is 18.9. The molecule has 0 aliphatic heterocycles. The Morgan fingerprint density at radius 1 is 0.136 bits per heavy atom. The molecule has 0 N–H and O–H groups in total. The highest BCUT2D eigenvalue weighted by molar-refractivity contribution is 6.13. The van der Waals surface area contributed by atoms with Crippen molar-refractivity contribution in [2.75, 3.05) is 4.90 Å². The SMILES string of the molecule is c1ccc(-c2ccc(-c3cc(-c4cccc(-n5c6ccccc6c6ccccc65)c4)nc(-c4cccc(-n5c6ccccc6c6ccccc65)c4)c3)cc2)cc1.c1ccc(-c2cccc(-c3ccc(N(c4ccc(-c5cccc(-n6c7ccccc7c7ccccc76)c5)cc4)c4ccc(-c5cccc(-n6c7ccccc7c7ccccc76)c5)cc4)cc3)c2)cc1. The molecule has 6 nitrogen and oxygen atoms in total. The van der Waals surface area contributed by atoms with E-state index in [4.69, 9.17) is 4.98 Å². The molecule has 6 heteroatoms. The molecule has 0 spiro atoms. The van der Waals surface area contributed by atoms with Crippen LogP contribution in [0.15, 0.2) is 485 Å². The number of para-hydroxylation sites is 8. The Hall–Kier alpha value is -16.7. The van der Waals surface area contributed by atoms with E-state index in [0.717, 1.165) is 84.6 Å². The number of nitrogens with zero attached hydrogens (tertiary/aromatic N) is 6. The highest BCUT2D eigenvalue weighted by Gasteiger charge is 2.22. The Balaban J connectivity index is 0.000000147. The van der Waals surface area contributed by atoms with Crippen LogP contribution in [-0.4, -0.2) is 23.3 Å². The monoisotopic (exact) mass is 1590 g/mol. The van der Waals surface area contributed by atoms with Crippen LogP contribution in [0.25, 0.3) is 199 Å². The number of hydrogen-bond donors (Lipinski definition) is 0. The lowest BCUT2D eigenvalue weighted by atomic mass is 9.97. The normalized spacial score (nSPS) is 11.5. The maximum atomic E-state index is 5.44. The van der Waals surface area contributed by atoms with E-state index in [9.17, 15) is 0 Å². The van der Waals surface area contributed by atoms with Gasteiger partial charge in [-0.05, 0) is 218 Å². The van der Waals surface area contributed by atoms with Crippen LogP contribution in [-0.2, 0) is 0 Å². The minimum Gasteiger partial charge on any atom is -0.311 e. The van der Waals surface area contributed by atoms with Crippen molar-refractivity contribution in [2.45, 2.75) is 0 Å². The molecular formula is C119H80N6. The van der Waals surface area contributed by atoms with Gasteiger partial charge in [-0.1, -0.05) is 334 Å². The first-order valence-electron chi connectivity index (χ1n) is 42.8. The summed E-state index contributed by atoms with van der Waals surface area (Å²) in [4.78, 5) is 7.80. The third kappa shape index (κ3) is 13.5. The lowest BCUT2D eigenvalue weighted by molar-refractivity contribution is 1.17. The van der Waals surface area contributed by atoms with E-state index < -0.39 is 0 Å². The number of aromatic nitrogens is 5. The molecule has 0 radical (unpaired) electrons. The average Bonchev–Trinajstić information content (AvgIpc) is 1.63. The Labute approximate surface area is 724 Å². The molecule has 5 aromatic heterocycles. The van der Waals surface area contributed by atoms with Crippen molar-refractivity contribution in [3.8, 4) is 112 Å². The second kappa shape index (κ2) is 31.5. The summed E-state index contributed by atoms with van der Waals surface area (Å²) in [6, 6.07) is 175. The molecule has 0 amide bonds. The van der Waals surface area contributed by atoms with Crippen molar-refractivity contribution >= 4 is 104 Å². The first-order chi connectivity index (χ1) is 62.0. The van der Waals surface area contributed by atoms with Crippen LogP contribution in [0, 0.1) is 0 Å². The number of pyridine rings is 1. The summed E-state index contributed by atoms with van der Waals surface area (Å²) in [5.74, 6) is 0. The van der Waals surface area contributed by atoms with E-state index >= 15 is 0 Å². The van der Waals surface area contributed by atoms with Crippen LogP contribution in [0.5, 0.6) is 0 Å². The van der Waals surface area contributed by atoms with Gasteiger partial charge in [0.15, 0.2) is 0 Å². The van der Waals surface area contributed by atoms with E-state index in [1.165, 1.54) is 132 Å². The van der Waals surface area contributed by atoms with E-state index in [1.54, 1.807) is 0 Å². The predicted octanol–water partition coefficient (Wildman–Crippen LogP) is 32.0.